The van der Waals surface area contributed by atoms with Gasteiger partial charge in [-0.2, -0.15) is 0 Å². The van der Waals surface area contributed by atoms with Crippen molar-refractivity contribution < 1.29 is 14.3 Å². The van der Waals surface area contributed by atoms with Crippen molar-refractivity contribution in [1.82, 2.24) is 5.32 Å². The van der Waals surface area contributed by atoms with Gasteiger partial charge in [0.15, 0.2) is 0 Å². The number of esters is 1. The predicted octanol–water partition coefficient (Wildman–Crippen LogP) is 2.06. The largest absolute Gasteiger partial charge is 0.467 e. The molecular formula is C16H17NO3. The first-order valence-corrected chi connectivity index (χ1v) is 6.45. The van der Waals surface area contributed by atoms with E-state index in [4.69, 9.17) is 0 Å². The molecule has 4 heteroatoms. The van der Waals surface area contributed by atoms with Crippen LogP contribution in [0.3, 0.4) is 0 Å². The second kappa shape index (κ2) is 6.19. The Morgan fingerprint density at radius 2 is 1.85 bits per heavy atom. The molecule has 4 nitrogen and oxygen atoms in total. The standard InChI is InChI=1S/C16H17NO3/c1-11(16(19)20-2)17-15(18)10-12-7-8-13-5-3-4-6-14(13)9-12/h3-9,11H,10H2,1-2H3,(H,17,18)/t11-/m1/s1. The quantitative estimate of drug-likeness (QED) is 0.866. The van der Waals surface area contributed by atoms with E-state index >= 15 is 0 Å². The number of methoxy groups -OCH3 is 1. The van der Waals surface area contributed by atoms with Gasteiger partial charge in [0.1, 0.15) is 6.04 Å². The van der Waals surface area contributed by atoms with Crippen molar-refractivity contribution in [2.75, 3.05) is 7.11 Å². The second-order valence-electron chi connectivity index (χ2n) is 4.67. The first-order valence-electron chi connectivity index (χ1n) is 6.45. The molecule has 0 fully saturated rings. The number of ether oxygens (including phenoxy) is 1. The van der Waals surface area contributed by atoms with E-state index in [0.717, 1.165) is 16.3 Å². The maximum Gasteiger partial charge on any atom is 0.328 e. The molecule has 0 saturated heterocycles. The molecule has 0 aliphatic carbocycles. The summed E-state index contributed by atoms with van der Waals surface area (Å²) >= 11 is 0. The molecule has 1 N–H and O–H groups in total. The number of carbonyl (C=O) groups excluding carboxylic acids is 2. The first-order chi connectivity index (χ1) is 9.60. The van der Waals surface area contributed by atoms with Crippen LogP contribution in [0.25, 0.3) is 10.8 Å². The number of hydrogen-bond acceptors (Lipinski definition) is 3. The van der Waals surface area contributed by atoms with Gasteiger partial charge in [0, 0.05) is 0 Å². The Balaban J connectivity index is 2.04. The summed E-state index contributed by atoms with van der Waals surface area (Å²) in [5.74, 6) is -0.643. The fraction of sp³-hybridized carbons (Fsp3) is 0.250. The zero-order valence-electron chi connectivity index (χ0n) is 11.6. The van der Waals surface area contributed by atoms with Gasteiger partial charge in [0.25, 0.3) is 0 Å². The van der Waals surface area contributed by atoms with Gasteiger partial charge in [0.2, 0.25) is 5.91 Å². The maximum atomic E-state index is 11.9. The SMILES string of the molecule is COC(=O)[C@@H](C)NC(=O)Cc1ccc2ccccc2c1. The number of fused-ring (bicyclic) bond motifs is 1. The summed E-state index contributed by atoms with van der Waals surface area (Å²) in [7, 11) is 1.30. The van der Waals surface area contributed by atoms with Gasteiger partial charge < -0.3 is 10.1 Å². The van der Waals surface area contributed by atoms with Crippen LogP contribution in [0.1, 0.15) is 12.5 Å². The van der Waals surface area contributed by atoms with Crippen molar-refractivity contribution in [3.63, 3.8) is 0 Å². The zero-order valence-corrected chi connectivity index (χ0v) is 11.6. The van der Waals surface area contributed by atoms with E-state index in [1.807, 2.05) is 42.5 Å². The molecule has 0 saturated carbocycles. The lowest BCUT2D eigenvalue weighted by atomic mass is 10.0. The fourth-order valence-corrected chi connectivity index (χ4v) is 2.06. The van der Waals surface area contributed by atoms with Gasteiger partial charge in [-0.15, -0.1) is 0 Å². The lowest BCUT2D eigenvalue weighted by Crippen LogP contribution is -2.39. The van der Waals surface area contributed by atoms with Crippen molar-refractivity contribution >= 4 is 22.6 Å². The van der Waals surface area contributed by atoms with E-state index < -0.39 is 12.0 Å². The molecule has 0 aliphatic rings. The highest BCUT2D eigenvalue weighted by Crippen LogP contribution is 2.15. The highest BCUT2D eigenvalue weighted by molar-refractivity contribution is 5.87. The van der Waals surface area contributed by atoms with Crippen LogP contribution in [0.5, 0.6) is 0 Å². The van der Waals surface area contributed by atoms with Crippen LogP contribution in [-0.4, -0.2) is 25.0 Å². The molecule has 0 unspecified atom stereocenters. The highest BCUT2D eigenvalue weighted by atomic mass is 16.5. The topological polar surface area (TPSA) is 55.4 Å². The average Bonchev–Trinajstić information content (AvgIpc) is 2.46. The Kier molecular flexibility index (Phi) is 4.35. The summed E-state index contributed by atoms with van der Waals surface area (Å²) in [4.78, 5) is 23.1. The Labute approximate surface area is 117 Å². The second-order valence-corrected chi connectivity index (χ2v) is 4.67. The number of carbonyl (C=O) groups is 2. The van der Waals surface area contributed by atoms with Gasteiger partial charge in [-0.1, -0.05) is 42.5 Å². The van der Waals surface area contributed by atoms with Crippen molar-refractivity contribution in [3.05, 3.63) is 48.0 Å². The highest BCUT2D eigenvalue weighted by Gasteiger charge is 2.15. The molecule has 1 atom stereocenters. The summed E-state index contributed by atoms with van der Waals surface area (Å²) in [5.41, 5.74) is 0.915. The third kappa shape index (κ3) is 3.35. The zero-order chi connectivity index (χ0) is 14.5. The van der Waals surface area contributed by atoms with Crippen LogP contribution < -0.4 is 5.32 Å². The molecule has 2 aromatic carbocycles. The maximum absolute atomic E-state index is 11.9. The molecule has 2 aromatic rings. The minimum absolute atomic E-state index is 0.196. The molecule has 0 bridgehead atoms. The summed E-state index contributed by atoms with van der Waals surface area (Å²) in [6, 6.07) is 13.2. The van der Waals surface area contributed by atoms with Crippen LogP contribution in [0, 0.1) is 0 Å². The molecule has 0 aromatic heterocycles. The summed E-state index contributed by atoms with van der Waals surface area (Å²) in [5, 5.41) is 4.85. The van der Waals surface area contributed by atoms with Crippen molar-refractivity contribution in [2.45, 2.75) is 19.4 Å². The Morgan fingerprint density at radius 3 is 2.55 bits per heavy atom. The van der Waals surface area contributed by atoms with Crippen molar-refractivity contribution in [2.24, 2.45) is 0 Å². The van der Waals surface area contributed by atoms with E-state index in [2.05, 4.69) is 10.1 Å². The molecule has 2 rings (SSSR count). The van der Waals surface area contributed by atoms with Crippen LogP contribution in [0.2, 0.25) is 0 Å². The van der Waals surface area contributed by atoms with E-state index in [1.54, 1.807) is 6.92 Å². The first kappa shape index (κ1) is 14.1. The van der Waals surface area contributed by atoms with Crippen LogP contribution in [0.4, 0.5) is 0 Å². The summed E-state index contributed by atoms with van der Waals surface area (Å²) in [6.45, 7) is 1.60. The monoisotopic (exact) mass is 271 g/mol. The number of amides is 1. The molecule has 1 amide bonds. The Hall–Kier alpha value is -2.36. The molecule has 0 aliphatic heterocycles. The fourth-order valence-electron chi connectivity index (χ4n) is 2.06. The number of benzene rings is 2. The number of hydrogen-bond donors (Lipinski definition) is 1. The predicted molar refractivity (Wildman–Crippen MR) is 77.3 cm³/mol. The van der Waals surface area contributed by atoms with E-state index in [-0.39, 0.29) is 12.3 Å². The van der Waals surface area contributed by atoms with Crippen LogP contribution in [-0.2, 0) is 20.7 Å². The third-order valence-electron chi connectivity index (χ3n) is 3.11. The van der Waals surface area contributed by atoms with Crippen molar-refractivity contribution in [1.29, 1.82) is 0 Å². The molecule has 0 heterocycles. The molecule has 20 heavy (non-hydrogen) atoms. The van der Waals surface area contributed by atoms with E-state index in [0.29, 0.717) is 0 Å². The number of nitrogens with one attached hydrogen (secondary N) is 1. The molecule has 0 radical (unpaired) electrons. The minimum Gasteiger partial charge on any atom is -0.467 e. The lowest BCUT2D eigenvalue weighted by Gasteiger charge is -2.11. The van der Waals surface area contributed by atoms with Crippen LogP contribution in [0.15, 0.2) is 42.5 Å². The Bertz CT molecular complexity index is 636. The van der Waals surface area contributed by atoms with Crippen LogP contribution >= 0.6 is 0 Å². The number of rotatable bonds is 4. The van der Waals surface area contributed by atoms with Crippen molar-refractivity contribution in [3.8, 4) is 0 Å². The Morgan fingerprint density at radius 1 is 1.15 bits per heavy atom. The molecule has 104 valence electrons. The average molecular weight is 271 g/mol. The summed E-state index contributed by atoms with van der Waals surface area (Å²) < 4.78 is 4.57. The van der Waals surface area contributed by atoms with Gasteiger partial charge >= 0.3 is 5.97 Å². The summed E-state index contributed by atoms with van der Waals surface area (Å²) in [6.07, 6.45) is 0.242. The van der Waals surface area contributed by atoms with Gasteiger partial charge in [-0.25, -0.2) is 4.79 Å². The van der Waals surface area contributed by atoms with E-state index in [9.17, 15) is 9.59 Å². The molecular weight excluding hydrogens is 254 g/mol. The molecule has 0 spiro atoms. The van der Waals surface area contributed by atoms with Gasteiger partial charge in [-0.3, -0.25) is 4.79 Å². The lowest BCUT2D eigenvalue weighted by molar-refractivity contribution is -0.144. The normalized spacial score (nSPS) is 11.9. The third-order valence-corrected chi connectivity index (χ3v) is 3.11. The smallest absolute Gasteiger partial charge is 0.328 e. The minimum atomic E-state index is -0.632. The van der Waals surface area contributed by atoms with Gasteiger partial charge in [-0.05, 0) is 23.3 Å². The van der Waals surface area contributed by atoms with E-state index in [1.165, 1.54) is 7.11 Å². The van der Waals surface area contributed by atoms with Gasteiger partial charge in [0.05, 0.1) is 13.5 Å².